The van der Waals surface area contributed by atoms with E-state index in [1.807, 2.05) is 0 Å². The van der Waals surface area contributed by atoms with E-state index in [0.717, 1.165) is 33.3 Å². The van der Waals surface area contributed by atoms with E-state index in [4.69, 9.17) is 22.3 Å². The zero-order valence-electron chi connectivity index (χ0n) is 42.2. The maximum atomic E-state index is 14.1. The van der Waals surface area contributed by atoms with E-state index in [1.165, 1.54) is 0 Å². The van der Waals surface area contributed by atoms with E-state index >= 15 is 0 Å². The summed E-state index contributed by atoms with van der Waals surface area (Å²) >= 11 is 1.06. The summed E-state index contributed by atoms with van der Waals surface area (Å²) in [4.78, 5) is 174. The van der Waals surface area contributed by atoms with Crippen molar-refractivity contribution in [2.75, 3.05) is 43.4 Å². The Balaban J connectivity index is 1.84. The van der Waals surface area contributed by atoms with E-state index in [-0.39, 0.29) is 74.8 Å². The van der Waals surface area contributed by atoms with E-state index in [9.17, 15) is 72.5 Å². The van der Waals surface area contributed by atoms with Gasteiger partial charge in [-0.1, -0.05) is 58.8 Å². The van der Waals surface area contributed by atoms with Crippen LogP contribution >= 0.6 is 33.3 Å². The van der Waals surface area contributed by atoms with Crippen LogP contribution in [0.3, 0.4) is 0 Å². The molecule has 10 amide bonds. The minimum Gasteiger partial charge on any atom is -0.481 e. The summed E-state index contributed by atoms with van der Waals surface area (Å²) in [7, 11) is 1.95. The summed E-state index contributed by atoms with van der Waals surface area (Å²) < 4.78 is 0. The number of nitrogens with two attached hydrogens (primary N) is 3. The molecule has 0 saturated carbocycles. The molecule has 2 aliphatic heterocycles. The van der Waals surface area contributed by atoms with Gasteiger partial charge in [0.15, 0.2) is 5.96 Å². The molecule has 0 spiro atoms. The van der Waals surface area contributed by atoms with Gasteiger partial charge in [0.25, 0.3) is 0 Å². The first-order valence-corrected chi connectivity index (χ1v) is 27.8. The summed E-state index contributed by atoms with van der Waals surface area (Å²) in [6.45, 7) is -0.0220. The van der Waals surface area contributed by atoms with Gasteiger partial charge in [-0.15, -0.1) is 0 Å². The average molecular weight is 1160 g/mol. The molecule has 3 rings (SSSR count). The van der Waals surface area contributed by atoms with Gasteiger partial charge in [0.1, 0.15) is 54.9 Å². The number of amides is 10. The molecule has 0 radical (unpaired) electrons. The Morgan fingerprint density at radius 1 is 0.705 bits per heavy atom. The molecule has 2 aliphatic rings. The Morgan fingerprint density at radius 3 is 1.97 bits per heavy atom. The molecule has 2 heterocycles. The van der Waals surface area contributed by atoms with Gasteiger partial charge in [-0.2, -0.15) is 11.8 Å². The third-order valence-corrected chi connectivity index (χ3v) is 15.1. The topological polar surface area (TPSA) is 493 Å². The van der Waals surface area contributed by atoms with Crippen molar-refractivity contribution in [3.8, 4) is 0 Å². The van der Waals surface area contributed by atoms with Crippen molar-refractivity contribution in [1.29, 1.82) is 0 Å². The third kappa shape index (κ3) is 23.9. The zero-order valence-corrected chi connectivity index (χ0v) is 44.7. The van der Waals surface area contributed by atoms with Gasteiger partial charge < -0.3 is 85.7 Å². The van der Waals surface area contributed by atoms with Gasteiger partial charge in [-0.25, -0.2) is 0 Å². The van der Waals surface area contributed by atoms with E-state index in [2.05, 4.69) is 58.2 Å². The summed E-state index contributed by atoms with van der Waals surface area (Å²) in [5.74, 6) is -14.7. The Bertz CT molecular complexity index is 2370. The second-order valence-electron chi connectivity index (χ2n) is 17.5. The van der Waals surface area contributed by atoms with Crippen LogP contribution < -0.4 is 70.4 Å². The molecule has 0 aliphatic carbocycles. The molecule has 9 atom stereocenters. The number of carbonyl (C=O) groups excluding carboxylic acids is 10. The molecule has 430 valence electrons. The molecule has 0 aromatic heterocycles. The lowest BCUT2D eigenvalue weighted by Crippen LogP contribution is -2.60. The number of aliphatic imine (C=N–C) groups is 1. The molecule has 2 fully saturated rings. The predicted octanol–water partition coefficient (Wildman–Crippen LogP) is -5.91. The van der Waals surface area contributed by atoms with E-state index < -0.39 is 156 Å². The van der Waals surface area contributed by atoms with Gasteiger partial charge in [-0.05, 0) is 37.8 Å². The summed E-state index contributed by atoms with van der Waals surface area (Å²) in [6, 6.07) is -3.48. The molecule has 0 bridgehead atoms. The molecule has 33 heteroatoms. The lowest BCUT2D eigenvalue weighted by atomic mass is 10.0. The van der Waals surface area contributed by atoms with Crippen molar-refractivity contribution in [3.63, 3.8) is 0 Å². The van der Waals surface area contributed by atoms with Crippen LogP contribution in [0.5, 0.6) is 0 Å². The number of carboxylic acids is 3. The number of hydrogen-bond donors (Lipinski definition) is 16. The Morgan fingerprint density at radius 2 is 1.35 bits per heavy atom. The number of benzene rings is 1. The SMILES string of the molecule is CC[C@@H]1NC(=O)CC(CCN)SC[C@@H](C(=O)N[C@@H](CCCN=C(N)N)C(=O)NCC(=O)N[C@@H](CC(=O)O)C(=O)N[C@H]2CSSC[C@@H](C(=O)NCC(=O)O)NC(=O)[C@H](Cc3ccccc3)NC2=O)NC(=O)[C@H](CC(=O)O)NC1=O. The van der Waals surface area contributed by atoms with Gasteiger partial charge in [0.2, 0.25) is 59.1 Å². The van der Waals surface area contributed by atoms with Crippen LogP contribution in [-0.4, -0.2) is 195 Å². The summed E-state index contributed by atoms with van der Waals surface area (Å²) in [6.07, 6.45) is -2.04. The monoisotopic (exact) mass is 1150 g/mol. The van der Waals surface area contributed by atoms with Crippen LogP contribution in [-0.2, 0) is 68.7 Å². The fraction of sp³-hybridized carbons (Fsp3) is 0.556. The Hall–Kier alpha value is -7.39. The smallest absolute Gasteiger partial charge is 0.322 e. The van der Waals surface area contributed by atoms with Gasteiger partial charge in [-0.3, -0.25) is 67.3 Å². The van der Waals surface area contributed by atoms with Gasteiger partial charge in [0, 0.05) is 41.9 Å². The number of nitrogens with one attached hydrogen (secondary N) is 10. The normalized spacial score (nSPS) is 22.2. The number of hydrogen-bond acceptors (Lipinski definition) is 18. The molecule has 19 N–H and O–H groups in total. The molecule has 2 saturated heterocycles. The lowest BCUT2D eigenvalue weighted by molar-refractivity contribution is -0.141. The number of carbonyl (C=O) groups is 13. The highest BCUT2D eigenvalue weighted by Crippen LogP contribution is 2.24. The quantitative estimate of drug-likeness (QED) is 0.0198. The number of nitrogens with zero attached hydrogens (tertiary/aromatic N) is 1. The number of thioether (sulfide) groups is 1. The van der Waals surface area contributed by atoms with Crippen molar-refractivity contribution < 1.29 is 77.6 Å². The predicted molar refractivity (Wildman–Crippen MR) is 283 cm³/mol. The maximum absolute atomic E-state index is 14.1. The summed E-state index contributed by atoms with van der Waals surface area (Å²) in [5.41, 5.74) is 17.3. The minimum absolute atomic E-state index is 0.0417. The molecule has 1 unspecified atom stereocenters. The summed E-state index contributed by atoms with van der Waals surface area (Å²) in [5, 5.41) is 51.8. The molecular weight excluding hydrogens is 1090 g/mol. The number of aliphatic carboxylic acids is 3. The van der Waals surface area contributed by atoms with Crippen LogP contribution in [0.4, 0.5) is 0 Å². The Kier molecular flexibility index (Phi) is 28.0. The molecule has 78 heavy (non-hydrogen) atoms. The van der Waals surface area contributed by atoms with Crippen LogP contribution in [0.25, 0.3) is 0 Å². The fourth-order valence-corrected chi connectivity index (χ4v) is 10.9. The fourth-order valence-electron chi connectivity index (χ4n) is 7.31. The molecule has 1 aromatic rings. The minimum atomic E-state index is -1.88. The highest BCUT2D eigenvalue weighted by atomic mass is 33.1. The first-order chi connectivity index (χ1) is 37.0. The first-order valence-electron chi connectivity index (χ1n) is 24.3. The van der Waals surface area contributed by atoms with Crippen molar-refractivity contribution in [3.05, 3.63) is 35.9 Å². The van der Waals surface area contributed by atoms with Gasteiger partial charge >= 0.3 is 17.9 Å². The van der Waals surface area contributed by atoms with Crippen molar-refractivity contribution in [2.24, 2.45) is 22.2 Å². The average Bonchev–Trinajstić information content (AvgIpc) is 3.40. The number of rotatable bonds is 24. The second-order valence-corrected chi connectivity index (χ2v) is 21.4. The third-order valence-electron chi connectivity index (χ3n) is 11.3. The number of guanidine groups is 1. The lowest BCUT2D eigenvalue weighted by Gasteiger charge is -2.26. The van der Waals surface area contributed by atoms with Crippen LogP contribution in [0.2, 0.25) is 0 Å². The molecule has 30 nitrogen and oxygen atoms in total. The Labute approximate surface area is 458 Å². The highest BCUT2D eigenvalue weighted by Gasteiger charge is 2.36. The largest absolute Gasteiger partial charge is 0.481 e. The van der Waals surface area contributed by atoms with E-state index in [1.54, 1.807) is 37.3 Å². The van der Waals surface area contributed by atoms with Crippen molar-refractivity contribution in [2.45, 2.75) is 112 Å². The van der Waals surface area contributed by atoms with E-state index in [0.29, 0.717) is 5.56 Å². The standard InChI is InChI=1S/C45H66N14O16S3/c1-2-24-39(70)56-28(16-35(64)65)42(73)57-29(19-76-23(10-11-46)14-32(60)52-24)43(74)54-25(9-6-12-49-45(47)48)37(68)50-17-33(61)53-27(15-34(62)63)41(72)59-31-21-78-77-20-30(38(69)51-18-36(66)67)58-40(71)26(55-44(31)75)13-22-7-4-3-5-8-22/h3-5,7-8,23-31H,2,6,9-21,46H2,1H3,(H,50,68)(H,51,69)(H,52,60)(H,53,61)(H,54,74)(H,55,75)(H,56,70)(H,57,73)(H,58,71)(H,59,72)(H,62,63)(H,64,65)(H,66,67)(H4,47,48,49)/t23?,24-,25-,26-,27-,28-,29-,30-,31-/m0/s1. The van der Waals surface area contributed by atoms with Gasteiger partial charge in [0.05, 0.1) is 19.4 Å². The molecular formula is C45H66N14O16S3. The van der Waals surface area contributed by atoms with Crippen LogP contribution in [0.1, 0.15) is 57.4 Å². The second kappa shape index (κ2) is 33.7. The van der Waals surface area contributed by atoms with Crippen LogP contribution in [0.15, 0.2) is 35.3 Å². The first kappa shape index (κ1) is 64.9. The zero-order chi connectivity index (χ0) is 57.9. The highest BCUT2D eigenvalue weighted by molar-refractivity contribution is 8.76. The number of carboxylic acid groups (broad SMARTS) is 3. The van der Waals surface area contributed by atoms with Crippen molar-refractivity contribution >= 4 is 116 Å². The molecule has 1 aromatic carbocycles. The van der Waals surface area contributed by atoms with Crippen molar-refractivity contribution in [1.82, 2.24) is 53.2 Å². The van der Waals surface area contributed by atoms with Crippen LogP contribution in [0, 0.1) is 0 Å². The maximum Gasteiger partial charge on any atom is 0.322 e.